The summed E-state index contributed by atoms with van der Waals surface area (Å²) in [6.07, 6.45) is 2.76. The van der Waals surface area contributed by atoms with E-state index in [1.54, 1.807) is 6.20 Å². The molecular formula is C9H12IN3O2. The Morgan fingerprint density at radius 3 is 2.93 bits per heavy atom. The number of nitrogens with zero attached hydrogens (tertiary/aromatic N) is 3. The summed E-state index contributed by atoms with van der Waals surface area (Å²) in [7, 11) is 0. The first-order valence-corrected chi connectivity index (χ1v) is 5.79. The number of rotatable bonds is 2. The lowest BCUT2D eigenvalue weighted by molar-refractivity contribution is 0.104. The van der Waals surface area contributed by atoms with Gasteiger partial charge in [-0.25, -0.2) is 9.97 Å². The van der Waals surface area contributed by atoms with E-state index in [-0.39, 0.29) is 12.5 Å². The monoisotopic (exact) mass is 321 g/mol. The van der Waals surface area contributed by atoms with Crippen LogP contribution in [0.25, 0.3) is 0 Å². The minimum Gasteiger partial charge on any atom is -0.396 e. The third-order valence-electron chi connectivity index (χ3n) is 2.59. The Balaban J connectivity index is 2.17. The maximum Gasteiger partial charge on any atom is 0.145 e. The first-order valence-electron chi connectivity index (χ1n) is 4.71. The number of aromatic nitrogens is 2. The van der Waals surface area contributed by atoms with Gasteiger partial charge in [-0.1, -0.05) is 0 Å². The van der Waals surface area contributed by atoms with Gasteiger partial charge in [-0.3, -0.25) is 0 Å². The van der Waals surface area contributed by atoms with Gasteiger partial charge in [-0.05, 0) is 22.6 Å². The average molecular weight is 321 g/mol. The van der Waals surface area contributed by atoms with Gasteiger partial charge in [0, 0.05) is 25.2 Å². The summed E-state index contributed by atoms with van der Waals surface area (Å²) in [6, 6.07) is 0. The Morgan fingerprint density at radius 2 is 2.33 bits per heavy atom. The number of aliphatic hydroxyl groups is 2. The highest BCUT2D eigenvalue weighted by Crippen LogP contribution is 2.25. The second-order valence-electron chi connectivity index (χ2n) is 3.61. The van der Waals surface area contributed by atoms with Crippen molar-refractivity contribution in [2.45, 2.75) is 6.10 Å². The fraction of sp³-hybridized carbons (Fsp3) is 0.556. The smallest absolute Gasteiger partial charge is 0.145 e. The highest BCUT2D eigenvalue weighted by atomic mass is 127. The van der Waals surface area contributed by atoms with Crippen LogP contribution >= 0.6 is 22.6 Å². The molecule has 1 saturated heterocycles. The van der Waals surface area contributed by atoms with Crippen molar-refractivity contribution in [3.63, 3.8) is 0 Å². The average Bonchev–Trinajstić information content (AvgIpc) is 2.60. The SMILES string of the molecule is OCC1CN(c2ncncc2I)CC1O. The Hall–Kier alpha value is -0.470. The Morgan fingerprint density at radius 1 is 1.53 bits per heavy atom. The third kappa shape index (κ3) is 2.21. The Labute approximate surface area is 101 Å². The van der Waals surface area contributed by atoms with Crippen LogP contribution < -0.4 is 4.90 Å². The minimum atomic E-state index is -0.472. The minimum absolute atomic E-state index is 0.0132. The second-order valence-corrected chi connectivity index (χ2v) is 4.77. The van der Waals surface area contributed by atoms with Gasteiger partial charge >= 0.3 is 0 Å². The molecule has 0 aliphatic carbocycles. The molecule has 0 spiro atoms. The standard InChI is InChI=1S/C9H12IN3O2/c10-7-1-11-5-12-9(7)13-2-6(4-14)8(15)3-13/h1,5-6,8,14-15H,2-4H2. The van der Waals surface area contributed by atoms with E-state index in [0.717, 1.165) is 9.39 Å². The van der Waals surface area contributed by atoms with Crippen LogP contribution in [0, 0.1) is 9.49 Å². The molecular weight excluding hydrogens is 309 g/mol. The Bertz CT molecular complexity index is 350. The molecule has 1 aromatic rings. The molecule has 1 aliphatic rings. The fourth-order valence-corrected chi connectivity index (χ4v) is 2.39. The molecule has 6 heteroatoms. The molecule has 2 atom stereocenters. The maximum atomic E-state index is 9.66. The molecule has 0 amide bonds. The molecule has 2 unspecified atom stereocenters. The van der Waals surface area contributed by atoms with E-state index in [1.807, 2.05) is 4.90 Å². The zero-order valence-corrected chi connectivity index (χ0v) is 10.2. The summed E-state index contributed by atoms with van der Waals surface area (Å²) in [4.78, 5) is 10.1. The van der Waals surface area contributed by atoms with E-state index in [1.165, 1.54) is 6.33 Å². The Kier molecular flexibility index (Phi) is 3.37. The van der Waals surface area contributed by atoms with Crippen molar-refractivity contribution in [1.29, 1.82) is 0 Å². The van der Waals surface area contributed by atoms with Crippen molar-refractivity contribution in [3.05, 3.63) is 16.1 Å². The molecule has 2 rings (SSSR count). The van der Waals surface area contributed by atoms with Crippen LogP contribution in [-0.4, -0.2) is 46.0 Å². The van der Waals surface area contributed by atoms with Gasteiger partial charge in [0.1, 0.15) is 12.1 Å². The zero-order valence-electron chi connectivity index (χ0n) is 8.04. The lowest BCUT2D eigenvalue weighted by atomic mass is 10.1. The molecule has 82 valence electrons. The number of hydrogen-bond acceptors (Lipinski definition) is 5. The highest BCUT2D eigenvalue weighted by Gasteiger charge is 2.32. The predicted octanol–water partition coefficient (Wildman–Crippen LogP) is -0.129. The van der Waals surface area contributed by atoms with Gasteiger partial charge < -0.3 is 15.1 Å². The highest BCUT2D eigenvalue weighted by molar-refractivity contribution is 14.1. The van der Waals surface area contributed by atoms with Crippen molar-refractivity contribution >= 4 is 28.4 Å². The van der Waals surface area contributed by atoms with Gasteiger partial charge in [-0.2, -0.15) is 0 Å². The summed E-state index contributed by atoms with van der Waals surface area (Å²) in [5.74, 6) is 0.761. The van der Waals surface area contributed by atoms with Crippen molar-refractivity contribution in [1.82, 2.24) is 9.97 Å². The van der Waals surface area contributed by atoms with Crippen LogP contribution in [0.5, 0.6) is 0 Å². The van der Waals surface area contributed by atoms with Crippen molar-refractivity contribution in [3.8, 4) is 0 Å². The van der Waals surface area contributed by atoms with E-state index < -0.39 is 6.10 Å². The number of β-amino-alcohol motifs (C(OH)–C–C–N with tert-alkyl or cyclic N) is 1. The lowest BCUT2D eigenvalue weighted by Crippen LogP contribution is -2.23. The molecule has 0 radical (unpaired) electrons. The van der Waals surface area contributed by atoms with Crippen LogP contribution in [0.3, 0.4) is 0 Å². The van der Waals surface area contributed by atoms with Gasteiger partial charge in [0.05, 0.1) is 16.3 Å². The first-order chi connectivity index (χ1) is 7.22. The van der Waals surface area contributed by atoms with Gasteiger partial charge in [0.15, 0.2) is 0 Å². The van der Waals surface area contributed by atoms with E-state index in [4.69, 9.17) is 5.11 Å². The van der Waals surface area contributed by atoms with E-state index in [9.17, 15) is 5.11 Å². The van der Waals surface area contributed by atoms with E-state index >= 15 is 0 Å². The quantitative estimate of drug-likeness (QED) is 0.743. The lowest BCUT2D eigenvalue weighted by Gasteiger charge is -2.17. The van der Waals surface area contributed by atoms with Crippen LogP contribution in [0.2, 0.25) is 0 Å². The molecule has 5 nitrogen and oxygen atoms in total. The van der Waals surface area contributed by atoms with Crippen molar-refractivity contribution in [2.24, 2.45) is 5.92 Å². The summed E-state index contributed by atoms with van der Waals surface area (Å²) >= 11 is 2.17. The molecule has 0 bridgehead atoms. The van der Waals surface area contributed by atoms with Crippen LogP contribution in [0.15, 0.2) is 12.5 Å². The molecule has 2 heterocycles. The predicted molar refractivity (Wildman–Crippen MR) is 63.5 cm³/mol. The van der Waals surface area contributed by atoms with E-state index in [0.29, 0.717) is 13.1 Å². The topological polar surface area (TPSA) is 69.5 Å². The van der Waals surface area contributed by atoms with Gasteiger partial charge in [0.2, 0.25) is 0 Å². The van der Waals surface area contributed by atoms with Crippen molar-refractivity contribution < 1.29 is 10.2 Å². The van der Waals surface area contributed by atoms with Gasteiger partial charge in [-0.15, -0.1) is 0 Å². The number of anilines is 1. The van der Waals surface area contributed by atoms with Crippen LogP contribution in [-0.2, 0) is 0 Å². The van der Waals surface area contributed by atoms with Crippen LogP contribution in [0.1, 0.15) is 0 Å². The number of halogens is 1. The third-order valence-corrected chi connectivity index (χ3v) is 3.35. The zero-order chi connectivity index (χ0) is 10.8. The normalized spacial score (nSPS) is 25.9. The van der Waals surface area contributed by atoms with Crippen molar-refractivity contribution in [2.75, 3.05) is 24.6 Å². The molecule has 0 aromatic carbocycles. The number of aliphatic hydroxyl groups excluding tert-OH is 2. The van der Waals surface area contributed by atoms with Gasteiger partial charge in [0.25, 0.3) is 0 Å². The maximum absolute atomic E-state index is 9.66. The first kappa shape index (κ1) is 11.0. The molecule has 1 fully saturated rings. The molecule has 1 aliphatic heterocycles. The molecule has 15 heavy (non-hydrogen) atoms. The summed E-state index contributed by atoms with van der Waals surface area (Å²) < 4.78 is 0.959. The molecule has 0 saturated carbocycles. The fourth-order valence-electron chi connectivity index (χ4n) is 1.75. The summed E-state index contributed by atoms with van der Waals surface area (Å²) in [5, 5.41) is 18.7. The van der Waals surface area contributed by atoms with Crippen LogP contribution in [0.4, 0.5) is 5.82 Å². The largest absolute Gasteiger partial charge is 0.396 e. The second kappa shape index (κ2) is 4.58. The number of hydrogen-bond donors (Lipinski definition) is 2. The van der Waals surface area contributed by atoms with E-state index in [2.05, 4.69) is 32.6 Å². The molecule has 2 N–H and O–H groups in total. The summed E-state index contributed by atoms with van der Waals surface area (Å²) in [6.45, 7) is 1.18. The summed E-state index contributed by atoms with van der Waals surface area (Å²) in [5.41, 5.74) is 0. The molecule has 1 aromatic heterocycles.